The van der Waals surface area contributed by atoms with Gasteiger partial charge in [-0.1, -0.05) is 52.7 Å². The Balaban J connectivity index is 0.000000147. The summed E-state index contributed by atoms with van der Waals surface area (Å²) < 4.78 is 0. The van der Waals surface area contributed by atoms with Gasteiger partial charge in [-0.05, 0) is 73.0 Å². The minimum Gasteiger partial charge on any atom is -0.0853 e. The highest BCUT2D eigenvalue weighted by Crippen LogP contribution is 2.66. The maximum Gasteiger partial charge on any atom is 0 e. The monoisotopic (exact) mass is 276 g/mol. The molecule has 0 spiro atoms. The van der Waals surface area contributed by atoms with Crippen molar-refractivity contribution in [3.63, 3.8) is 0 Å². The Morgan fingerprint density at radius 2 is 1.60 bits per heavy atom. The van der Waals surface area contributed by atoms with Crippen LogP contribution in [0.4, 0.5) is 0 Å². The van der Waals surface area contributed by atoms with E-state index in [1.807, 2.05) is 0 Å². The number of fused-ring (bicyclic) bond motifs is 2. The highest BCUT2D eigenvalue weighted by molar-refractivity contribution is 5.18. The van der Waals surface area contributed by atoms with Crippen LogP contribution in [0, 0.1) is 40.4 Å². The van der Waals surface area contributed by atoms with Crippen LogP contribution in [-0.4, -0.2) is 0 Å². The van der Waals surface area contributed by atoms with Crippen LogP contribution in [-0.2, 0) is 0 Å². The minimum atomic E-state index is 0. The molecule has 5 unspecified atom stereocenters. The van der Waals surface area contributed by atoms with Crippen molar-refractivity contribution < 1.29 is 1.43 Å². The van der Waals surface area contributed by atoms with Gasteiger partial charge in [-0.2, -0.15) is 0 Å². The molecule has 0 heteroatoms. The minimum absolute atomic E-state index is 0. The molecule has 4 rings (SSSR count). The standard InChI is InChI=1S/C10H18.C10H16.H2/c2*1-7-4-5-8-9(6-7)10(8,2)3;/h7-9H,4-6H2,1-3H3;4,8-9H,5-6H2,1-3H3;1H. The average molecular weight is 277 g/mol. The molecular formula is C20H36. The van der Waals surface area contributed by atoms with Crippen molar-refractivity contribution in [2.75, 3.05) is 0 Å². The Kier molecular flexibility index (Phi) is 3.39. The SMILES string of the molecule is CC1=CCC2C(C1)C2(C)C.CC1CCC2C(C1)C2(C)C.[HH]. The second-order valence-corrected chi connectivity index (χ2v) is 9.48. The molecule has 116 valence electrons. The summed E-state index contributed by atoms with van der Waals surface area (Å²) in [6.45, 7) is 14.4. The highest BCUT2D eigenvalue weighted by Gasteiger charge is 2.58. The maximum absolute atomic E-state index is 2.44. The fourth-order valence-electron chi connectivity index (χ4n) is 5.40. The molecule has 0 N–H and O–H groups in total. The molecule has 0 heterocycles. The molecule has 0 aromatic rings. The van der Waals surface area contributed by atoms with Crippen molar-refractivity contribution in [1.82, 2.24) is 0 Å². The van der Waals surface area contributed by atoms with Crippen LogP contribution in [0.1, 0.15) is 75.1 Å². The Morgan fingerprint density at radius 1 is 0.950 bits per heavy atom. The van der Waals surface area contributed by atoms with Crippen LogP contribution in [0.3, 0.4) is 0 Å². The zero-order valence-electron chi connectivity index (χ0n) is 14.5. The molecule has 4 aliphatic rings. The molecule has 0 saturated heterocycles. The molecule has 0 nitrogen and oxygen atoms in total. The summed E-state index contributed by atoms with van der Waals surface area (Å²) in [4.78, 5) is 0. The molecule has 0 bridgehead atoms. The predicted octanol–water partition coefficient (Wildman–Crippen LogP) is 6.32. The number of hydrogen-bond acceptors (Lipinski definition) is 0. The second-order valence-electron chi connectivity index (χ2n) is 9.48. The molecule has 0 radical (unpaired) electrons. The first-order valence-corrected chi connectivity index (χ1v) is 8.90. The third kappa shape index (κ3) is 2.38. The van der Waals surface area contributed by atoms with Crippen LogP contribution in [0.15, 0.2) is 11.6 Å². The highest BCUT2D eigenvalue weighted by atomic mass is 14.6. The Bertz CT molecular complexity index is 416. The Labute approximate surface area is 127 Å². The van der Waals surface area contributed by atoms with E-state index >= 15 is 0 Å². The first-order valence-electron chi connectivity index (χ1n) is 8.90. The third-order valence-electron chi connectivity index (χ3n) is 7.46. The molecule has 0 amide bonds. The van der Waals surface area contributed by atoms with Gasteiger partial charge in [0, 0.05) is 1.43 Å². The quantitative estimate of drug-likeness (QED) is 0.454. The van der Waals surface area contributed by atoms with E-state index in [9.17, 15) is 0 Å². The van der Waals surface area contributed by atoms with E-state index in [0.717, 1.165) is 35.0 Å². The lowest BCUT2D eigenvalue weighted by Gasteiger charge is -2.15. The lowest BCUT2D eigenvalue weighted by molar-refractivity contribution is 0.367. The summed E-state index contributed by atoms with van der Waals surface area (Å²) in [5.74, 6) is 5.26. The summed E-state index contributed by atoms with van der Waals surface area (Å²) in [6, 6.07) is 0. The predicted molar refractivity (Wildman–Crippen MR) is 89.6 cm³/mol. The average Bonchev–Trinajstić information content (AvgIpc) is 3.12. The summed E-state index contributed by atoms with van der Waals surface area (Å²) in [6.07, 6.45) is 9.66. The zero-order chi connectivity index (χ0) is 14.7. The van der Waals surface area contributed by atoms with Crippen molar-refractivity contribution in [2.24, 2.45) is 40.4 Å². The van der Waals surface area contributed by atoms with Gasteiger partial charge in [0.2, 0.25) is 0 Å². The Hall–Kier alpha value is -0.260. The van der Waals surface area contributed by atoms with Gasteiger partial charge in [0.1, 0.15) is 0 Å². The number of hydrogen-bond donors (Lipinski definition) is 0. The van der Waals surface area contributed by atoms with Crippen molar-refractivity contribution >= 4 is 0 Å². The summed E-state index contributed by atoms with van der Waals surface area (Å²) in [7, 11) is 0. The van der Waals surface area contributed by atoms with Crippen LogP contribution in [0.25, 0.3) is 0 Å². The van der Waals surface area contributed by atoms with E-state index in [1.54, 1.807) is 5.57 Å². The molecule has 0 aliphatic heterocycles. The first kappa shape index (κ1) is 14.7. The molecule has 4 aliphatic carbocycles. The fourth-order valence-corrected chi connectivity index (χ4v) is 5.40. The first-order chi connectivity index (χ1) is 9.24. The smallest absolute Gasteiger partial charge is 0 e. The lowest BCUT2D eigenvalue weighted by atomic mass is 9.91. The topological polar surface area (TPSA) is 0 Å². The third-order valence-corrected chi connectivity index (χ3v) is 7.46. The van der Waals surface area contributed by atoms with Crippen LogP contribution < -0.4 is 0 Å². The van der Waals surface area contributed by atoms with Crippen molar-refractivity contribution in [3.8, 4) is 0 Å². The van der Waals surface area contributed by atoms with Crippen LogP contribution >= 0.6 is 0 Å². The lowest BCUT2D eigenvalue weighted by Crippen LogP contribution is -2.03. The van der Waals surface area contributed by atoms with Crippen molar-refractivity contribution in [2.45, 2.75) is 73.6 Å². The van der Waals surface area contributed by atoms with Crippen molar-refractivity contribution in [1.29, 1.82) is 0 Å². The van der Waals surface area contributed by atoms with Crippen LogP contribution in [0.2, 0.25) is 0 Å². The largest absolute Gasteiger partial charge is 0.0853 e. The molecule has 0 aromatic heterocycles. The van der Waals surface area contributed by atoms with Crippen molar-refractivity contribution in [3.05, 3.63) is 11.6 Å². The van der Waals surface area contributed by atoms with Gasteiger partial charge in [-0.3, -0.25) is 0 Å². The van der Waals surface area contributed by atoms with E-state index in [2.05, 4.69) is 47.6 Å². The van der Waals surface area contributed by atoms with Gasteiger partial charge in [-0.25, -0.2) is 0 Å². The molecule has 5 atom stereocenters. The van der Waals surface area contributed by atoms with E-state index in [0.29, 0.717) is 5.41 Å². The van der Waals surface area contributed by atoms with E-state index < -0.39 is 0 Å². The molecule has 20 heavy (non-hydrogen) atoms. The summed E-state index contributed by atoms with van der Waals surface area (Å²) >= 11 is 0. The van der Waals surface area contributed by atoms with Gasteiger partial charge in [0.05, 0.1) is 0 Å². The molecule has 0 aromatic carbocycles. The second kappa shape index (κ2) is 4.62. The molecular weight excluding hydrogens is 240 g/mol. The van der Waals surface area contributed by atoms with Gasteiger partial charge >= 0.3 is 0 Å². The number of allylic oxidation sites excluding steroid dienone is 2. The normalized spacial score (nSPS) is 46.1. The van der Waals surface area contributed by atoms with Gasteiger partial charge < -0.3 is 0 Å². The van der Waals surface area contributed by atoms with E-state index in [4.69, 9.17) is 0 Å². The van der Waals surface area contributed by atoms with Gasteiger partial charge in [0.15, 0.2) is 0 Å². The van der Waals surface area contributed by atoms with Crippen LogP contribution in [0.5, 0.6) is 0 Å². The number of rotatable bonds is 0. The molecule has 3 saturated carbocycles. The van der Waals surface area contributed by atoms with Gasteiger partial charge in [0.25, 0.3) is 0 Å². The summed E-state index contributed by atoms with van der Waals surface area (Å²) in [5.41, 5.74) is 3.02. The molecule has 3 fully saturated rings. The van der Waals surface area contributed by atoms with E-state index in [-0.39, 0.29) is 1.43 Å². The Morgan fingerprint density at radius 3 is 2.10 bits per heavy atom. The van der Waals surface area contributed by atoms with E-state index in [1.165, 1.54) is 32.1 Å². The zero-order valence-corrected chi connectivity index (χ0v) is 14.5. The summed E-state index contributed by atoms with van der Waals surface area (Å²) in [5, 5.41) is 0. The fraction of sp³-hybridized carbons (Fsp3) is 0.900. The maximum atomic E-state index is 2.44. The van der Waals surface area contributed by atoms with Gasteiger partial charge in [-0.15, -0.1) is 0 Å².